The summed E-state index contributed by atoms with van der Waals surface area (Å²) in [5.74, 6) is 1.17. The number of hydrogen-bond donors (Lipinski definition) is 1. The summed E-state index contributed by atoms with van der Waals surface area (Å²) in [5.41, 5.74) is 1.78. The first kappa shape index (κ1) is 13.0. The molecule has 0 unspecified atom stereocenters. The van der Waals surface area contributed by atoms with E-state index in [0.29, 0.717) is 31.3 Å². The molecule has 7 heteroatoms. The van der Waals surface area contributed by atoms with Gasteiger partial charge in [0.05, 0.1) is 17.9 Å². The number of hydrogen-bond acceptors (Lipinski definition) is 7. The second-order valence-electron chi connectivity index (χ2n) is 3.68. The normalized spacial score (nSPS) is 10.8. The lowest BCUT2D eigenvalue weighted by Crippen LogP contribution is -1.99. The molecular formula is C11H16N4O2S. The Hall–Kier alpha value is -1.47. The standard InChI is InChI=1S/C11H16N4O2S/c1-4-16-6-5-8-13-10(17-14-8)9-7(2)15-18-11(9)12-3/h12H,4-6H2,1-3H3. The molecule has 0 radical (unpaired) electrons. The Kier molecular flexibility index (Phi) is 4.27. The van der Waals surface area contributed by atoms with Crippen LogP contribution < -0.4 is 5.32 Å². The Balaban J connectivity index is 2.16. The predicted octanol–water partition coefficient (Wildman–Crippen LogP) is 2.12. The number of ether oxygens (including phenoxy) is 1. The molecule has 0 fully saturated rings. The van der Waals surface area contributed by atoms with E-state index in [9.17, 15) is 0 Å². The van der Waals surface area contributed by atoms with Crippen LogP contribution in [0.5, 0.6) is 0 Å². The highest BCUT2D eigenvalue weighted by Crippen LogP contribution is 2.33. The van der Waals surface area contributed by atoms with Crippen molar-refractivity contribution in [2.24, 2.45) is 0 Å². The van der Waals surface area contributed by atoms with Crippen LogP contribution in [-0.4, -0.2) is 34.8 Å². The third-order valence-electron chi connectivity index (χ3n) is 2.45. The fraction of sp³-hybridized carbons (Fsp3) is 0.545. The van der Waals surface area contributed by atoms with Gasteiger partial charge in [0.15, 0.2) is 5.82 Å². The lowest BCUT2D eigenvalue weighted by Gasteiger charge is -1.97. The number of nitrogens with one attached hydrogen (secondary N) is 1. The minimum Gasteiger partial charge on any atom is -0.381 e. The highest BCUT2D eigenvalue weighted by molar-refractivity contribution is 7.10. The summed E-state index contributed by atoms with van der Waals surface area (Å²) in [4.78, 5) is 4.36. The first-order valence-electron chi connectivity index (χ1n) is 5.81. The van der Waals surface area contributed by atoms with Gasteiger partial charge in [0, 0.05) is 20.1 Å². The molecule has 2 heterocycles. The van der Waals surface area contributed by atoms with E-state index < -0.39 is 0 Å². The van der Waals surface area contributed by atoms with Gasteiger partial charge in [-0.1, -0.05) is 5.16 Å². The Morgan fingerprint density at radius 1 is 1.44 bits per heavy atom. The minimum absolute atomic E-state index is 0.511. The largest absolute Gasteiger partial charge is 0.381 e. The molecule has 6 nitrogen and oxygen atoms in total. The van der Waals surface area contributed by atoms with E-state index in [1.807, 2.05) is 20.9 Å². The lowest BCUT2D eigenvalue weighted by atomic mass is 10.2. The van der Waals surface area contributed by atoms with E-state index in [1.165, 1.54) is 11.5 Å². The van der Waals surface area contributed by atoms with Gasteiger partial charge in [0.1, 0.15) is 5.00 Å². The molecule has 0 saturated carbocycles. The van der Waals surface area contributed by atoms with Gasteiger partial charge in [-0.05, 0) is 25.4 Å². The summed E-state index contributed by atoms with van der Waals surface area (Å²) < 4.78 is 14.8. The third-order valence-corrected chi connectivity index (χ3v) is 3.40. The number of anilines is 1. The van der Waals surface area contributed by atoms with E-state index in [4.69, 9.17) is 9.26 Å². The van der Waals surface area contributed by atoms with Crippen molar-refractivity contribution in [3.63, 3.8) is 0 Å². The molecule has 0 aliphatic carbocycles. The fourth-order valence-corrected chi connectivity index (χ4v) is 2.29. The SMILES string of the molecule is CCOCCc1noc(-c2c(C)nsc2NC)n1. The summed E-state index contributed by atoms with van der Waals surface area (Å²) in [6, 6.07) is 0. The van der Waals surface area contributed by atoms with Gasteiger partial charge in [-0.25, -0.2) is 0 Å². The summed E-state index contributed by atoms with van der Waals surface area (Å²) in [6.45, 7) is 5.19. The minimum atomic E-state index is 0.511. The van der Waals surface area contributed by atoms with Crippen LogP contribution in [0.1, 0.15) is 18.4 Å². The van der Waals surface area contributed by atoms with Gasteiger partial charge in [-0.15, -0.1) is 0 Å². The molecule has 98 valence electrons. The van der Waals surface area contributed by atoms with Crippen molar-refractivity contribution < 1.29 is 9.26 Å². The van der Waals surface area contributed by atoms with Gasteiger partial charge >= 0.3 is 0 Å². The van der Waals surface area contributed by atoms with Crippen molar-refractivity contribution in [1.82, 2.24) is 14.5 Å². The first-order chi connectivity index (χ1) is 8.76. The molecule has 0 aliphatic heterocycles. The van der Waals surface area contributed by atoms with E-state index in [-0.39, 0.29) is 0 Å². The molecule has 2 rings (SSSR count). The van der Waals surface area contributed by atoms with Crippen LogP contribution in [0.3, 0.4) is 0 Å². The van der Waals surface area contributed by atoms with Crippen molar-refractivity contribution >= 4 is 16.5 Å². The zero-order valence-electron chi connectivity index (χ0n) is 10.7. The maximum atomic E-state index is 5.27. The van der Waals surface area contributed by atoms with Crippen LogP contribution in [0.4, 0.5) is 5.00 Å². The highest BCUT2D eigenvalue weighted by atomic mass is 32.1. The van der Waals surface area contributed by atoms with Crippen LogP contribution in [0, 0.1) is 6.92 Å². The zero-order chi connectivity index (χ0) is 13.0. The average Bonchev–Trinajstić information content (AvgIpc) is 2.96. The number of nitrogens with zero attached hydrogens (tertiary/aromatic N) is 3. The second kappa shape index (κ2) is 5.92. The predicted molar refractivity (Wildman–Crippen MR) is 69.9 cm³/mol. The fourth-order valence-electron chi connectivity index (χ4n) is 1.56. The smallest absolute Gasteiger partial charge is 0.262 e. The Morgan fingerprint density at radius 3 is 3.00 bits per heavy atom. The molecule has 0 bridgehead atoms. The van der Waals surface area contributed by atoms with Crippen molar-refractivity contribution in [1.29, 1.82) is 0 Å². The Labute approximate surface area is 110 Å². The van der Waals surface area contributed by atoms with Crippen LogP contribution >= 0.6 is 11.5 Å². The molecule has 0 amide bonds. The maximum Gasteiger partial charge on any atom is 0.262 e. The third kappa shape index (κ3) is 2.68. The van der Waals surface area contributed by atoms with Crippen molar-refractivity contribution in [2.75, 3.05) is 25.6 Å². The molecule has 18 heavy (non-hydrogen) atoms. The van der Waals surface area contributed by atoms with Gasteiger partial charge < -0.3 is 14.6 Å². The zero-order valence-corrected chi connectivity index (χ0v) is 11.5. The van der Waals surface area contributed by atoms with E-state index in [2.05, 4.69) is 19.8 Å². The second-order valence-corrected chi connectivity index (χ2v) is 4.46. The number of rotatable bonds is 6. The Bertz CT molecular complexity index is 509. The van der Waals surface area contributed by atoms with E-state index >= 15 is 0 Å². The number of aromatic nitrogens is 3. The Morgan fingerprint density at radius 2 is 2.28 bits per heavy atom. The van der Waals surface area contributed by atoms with E-state index in [1.54, 1.807) is 0 Å². The molecule has 0 saturated heterocycles. The summed E-state index contributed by atoms with van der Waals surface area (Å²) in [6.07, 6.45) is 0.656. The van der Waals surface area contributed by atoms with Crippen molar-refractivity contribution in [2.45, 2.75) is 20.3 Å². The van der Waals surface area contributed by atoms with Crippen molar-refractivity contribution in [3.05, 3.63) is 11.5 Å². The molecule has 2 aromatic heterocycles. The van der Waals surface area contributed by atoms with Crippen LogP contribution in [0.25, 0.3) is 11.5 Å². The summed E-state index contributed by atoms with van der Waals surface area (Å²) in [7, 11) is 1.85. The monoisotopic (exact) mass is 268 g/mol. The van der Waals surface area contributed by atoms with E-state index in [0.717, 1.165) is 16.3 Å². The average molecular weight is 268 g/mol. The summed E-state index contributed by atoms with van der Waals surface area (Å²) in [5, 5.41) is 7.96. The molecule has 0 spiro atoms. The molecule has 1 N–H and O–H groups in total. The van der Waals surface area contributed by atoms with Crippen LogP contribution in [-0.2, 0) is 11.2 Å². The quantitative estimate of drug-likeness (QED) is 0.809. The van der Waals surface area contributed by atoms with Gasteiger partial charge in [0.25, 0.3) is 5.89 Å². The molecule has 0 aliphatic rings. The van der Waals surface area contributed by atoms with Gasteiger partial charge in [-0.3, -0.25) is 0 Å². The maximum absolute atomic E-state index is 5.27. The molecular weight excluding hydrogens is 252 g/mol. The summed E-state index contributed by atoms with van der Waals surface area (Å²) >= 11 is 1.39. The molecule has 0 atom stereocenters. The highest BCUT2D eigenvalue weighted by Gasteiger charge is 2.18. The molecule has 2 aromatic rings. The topological polar surface area (TPSA) is 73.1 Å². The van der Waals surface area contributed by atoms with Gasteiger partial charge in [0.2, 0.25) is 0 Å². The first-order valence-corrected chi connectivity index (χ1v) is 6.58. The number of aryl methyl sites for hydroxylation is 1. The van der Waals surface area contributed by atoms with Crippen LogP contribution in [0.15, 0.2) is 4.52 Å². The lowest BCUT2D eigenvalue weighted by molar-refractivity contribution is 0.149. The van der Waals surface area contributed by atoms with Crippen molar-refractivity contribution in [3.8, 4) is 11.5 Å². The van der Waals surface area contributed by atoms with Gasteiger partial charge in [-0.2, -0.15) is 9.36 Å². The molecule has 0 aromatic carbocycles. The van der Waals surface area contributed by atoms with Crippen LogP contribution in [0.2, 0.25) is 0 Å².